The lowest BCUT2D eigenvalue weighted by molar-refractivity contribution is -0.130. The van der Waals surface area contributed by atoms with Gasteiger partial charge in [0.25, 0.3) is 5.91 Å². The van der Waals surface area contributed by atoms with E-state index < -0.39 is 0 Å². The number of hydrogen-bond acceptors (Lipinski definition) is 5. The molecule has 0 radical (unpaired) electrons. The highest BCUT2D eigenvalue weighted by Crippen LogP contribution is 2.25. The molecule has 4 rings (SSSR count). The van der Waals surface area contributed by atoms with Crippen molar-refractivity contribution in [3.63, 3.8) is 0 Å². The molecule has 2 aromatic heterocycles. The number of carbonyl (C=O) groups is 2. The van der Waals surface area contributed by atoms with Crippen LogP contribution in [0.2, 0.25) is 0 Å². The molecule has 1 saturated heterocycles. The standard InChI is InChI=1S/C19H18N4O3/c1-13(24)22-8-10-23(11-9-22)19(25)15-2-3-16-17(12-15)26-18(21-16)14-4-6-20-7-5-14/h2-7,12H,8-11H2,1H3. The molecule has 0 bridgehead atoms. The lowest BCUT2D eigenvalue weighted by Crippen LogP contribution is -2.50. The maximum atomic E-state index is 12.7. The van der Waals surface area contributed by atoms with Gasteiger partial charge in [0.2, 0.25) is 11.8 Å². The summed E-state index contributed by atoms with van der Waals surface area (Å²) in [6.07, 6.45) is 3.36. The van der Waals surface area contributed by atoms with E-state index in [0.717, 1.165) is 5.56 Å². The fourth-order valence-electron chi connectivity index (χ4n) is 3.08. The average Bonchev–Trinajstić information content (AvgIpc) is 3.11. The first kappa shape index (κ1) is 16.3. The number of nitrogens with zero attached hydrogens (tertiary/aromatic N) is 4. The number of fused-ring (bicyclic) bond motifs is 1. The second kappa shape index (κ2) is 6.59. The second-order valence-corrected chi connectivity index (χ2v) is 6.24. The van der Waals surface area contributed by atoms with E-state index in [4.69, 9.17) is 4.42 Å². The van der Waals surface area contributed by atoms with Gasteiger partial charge in [0.1, 0.15) is 5.52 Å². The quantitative estimate of drug-likeness (QED) is 0.708. The van der Waals surface area contributed by atoms with Crippen LogP contribution in [0.5, 0.6) is 0 Å². The predicted molar refractivity (Wildman–Crippen MR) is 95.4 cm³/mol. The van der Waals surface area contributed by atoms with Gasteiger partial charge in [-0.3, -0.25) is 14.6 Å². The largest absolute Gasteiger partial charge is 0.436 e. The molecule has 26 heavy (non-hydrogen) atoms. The van der Waals surface area contributed by atoms with Crippen molar-refractivity contribution in [3.8, 4) is 11.5 Å². The molecule has 2 amide bonds. The molecular formula is C19H18N4O3. The van der Waals surface area contributed by atoms with E-state index in [1.807, 2.05) is 12.1 Å². The molecule has 0 aliphatic carbocycles. The van der Waals surface area contributed by atoms with E-state index in [-0.39, 0.29) is 11.8 Å². The van der Waals surface area contributed by atoms with E-state index in [0.29, 0.717) is 48.7 Å². The molecule has 0 N–H and O–H groups in total. The van der Waals surface area contributed by atoms with Crippen LogP contribution in [0.4, 0.5) is 0 Å². The van der Waals surface area contributed by atoms with Crippen molar-refractivity contribution in [2.75, 3.05) is 26.2 Å². The highest BCUT2D eigenvalue weighted by atomic mass is 16.3. The summed E-state index contributed by atoms with van der Waals surface area (Å²) in [4.78, 5) is 36.1. The van der Waals surface area contributed by atoms with Gasteiger partial charge in [0.15, 0.2) is 5.58 Å². The zero-order chi connectivity index (χ0) is 18.1. The Morgan fingerprint density at radius 3 is 2.38 bits per heavy atom. The molecular weight excluding hydrogens is 332 g/mol. The molecule has 0 unspecified atom stereocenters. The molecule has 1 aliphatic rings. The minimum atomic E-state index is -0.0584. The van der Waals surface area contributed by atoms with Gasteiger partial charge < -0.3 is 14.2 Å². The maximum Gasteiger partial charge on any atom is 0.254 e. The van der Waals surface area contributed by atoms with Crippen molar-refractivity contribution in [1.82, 2.24) is 19.8 Å². The van der Waals surface area contributed by atoms with Gasteiger partial charge in [-0.15, -0.1) is 0 Å². The summed E-state index contributed by atoms with van der Waals surface area (Å²) in [6.45, 7) is 3.76. The molecule has 1 aliphatic heterocycles. The van der Waals surface area contributed by atoms with Crippen molar-refractivity contribution >= 4 is 22.9 Å². The van der Waals surface area contributed by atoms with Gasteiger partial charge in [-0.2, -0.15) is 0 Å². The van der Waals surface area contributed by atoms with Crippen LogP contribution in [-0.4, -0.2) is 57.8 Å². The topological polar surface area (TPSA) is 79.5 Å². The Morgan fingerprint density at radius 1 is 1.00 bits per heavy atom. The van der Waals surface area contributed by atoms with E-state index in [1.165, 1.54) is 0 Å². The Hall–Kier alpha value is -3.22. The van der Waals surface area contributed by atoms with Crippen molar-refractivity contribution in [3.05, 3.63) is 48.3 Å². The first-order valence-corrected chi connectivity index (χ1v) is 8.47. The summed E-state index contributed by atoms with van der Waals surface area (Å²) in [5.41, 5.74) is 2.68. The summed E-state index contributed by atoms with van der Waals surface area (Å²) in [5.74, 6) is 0.489. The van der Waals surface area contributed by atoms with Crippen LogP contribution < -0.4 is 0 Å². The Labute approximate surface area is 150 Å². The number of oxazole rings is 1. The van der Waals surface area contributed by atoms with Crippen molar-refractivity contribution in [2.45, 2.75) is 6.92 Å². The average molecular weight is 350 g/mol. The number of rotatable bonds is 2. The summed E-state index contributed by atoms with van der Waals surface area (Å²) in [5, 5.41) is 0. The highest BCUT2D eigenvalue weighted by molar-refractivity contribution is 5.97. The second-order valence-electron chi connectivity index (χ2n) is 6.24. The molecule has 7 nitrogen and oxygen atoms in total. The van der Waals surface area contributed by atoms with Crippen LogP contribution in [0.25, 0.3) is 22.6 Å². The number of amides is 2. The first-order valence-electron chi connectivity index (χ1n) is 8.47. The zero-order valence-corrected chi connectivity index (χ0v) is 14.4. The number of hydrogen-bond donors (Lipinski definition) is 0. The third-order valence-corrected chi connectivity index (χ3v) is 4.57. The van der Waals surface area contributed by atoms with Crippen molar-refractivity contribution in [2.24, 2.45) is 0 Å². The SMILES string of the molecule is CC(=O)N1CCN(C(=O)c2ccc3nc(-c4ccncc4)oc3c2)CC1. The van der Waals surface area contributed by atoms with E-state index in [9.17, 15) is 9.59 Å². The molecule has 1 fully saturated rings. The molecule has 0 atom stereocenters. The Bertz CT molecular complexity index is 959. The van der Waals surface area contributed by atoms with Crippen molar-refractivity contribution in [1.29, 1.82) is 0 Å². The van der Waals surface area contributed by atoms with Crippen LogP contribution in [0.3, 0.4) is 0 Å². The third kappa shape index (κ3) is 3.03. The van der Waals surface area contributed by atoms with Gasteiger partial charge >= 0.3 is 0 Å². The Balaban J connectivity index is 1.56. The van der Waals surface area contributed by atoms with Gasteiger partial charge in [-0.05, 0) is 30.3 Å². The smallest absolute Gasteiger partial charge is 0.254 e. The normalized spacial score (nSPS) is 14.7. The molecule has 132 valence electrons. The number of carbonyl (C=O) groups excluding carboxylic acids is 2. The number of piperazine rings is 1. The molecule has 1 aromatic carbocycles. The van der Waals surface area contributed by atoms with Crippen LogP contribution >= 0.6 is 0 Å². The molecule has 0 spiro atoms. The first-order chi connectivity index (χ1) is 12.6. The van der Waals surface area contributed by atoms with Gasteiger partial charge in [0, 0.05) is 56.6 Å². The predicted octanol–water partition coefficient (Wildman–Crippen LogP) is 2.19. The maximum absolute atomic E-state index is 12.7. The van der Waals surface area contributed by atoms with Gasteiger partial charge in [0.05, 0.1) is 0 Å². The molecule has 3 aromatic rings. The molecule has 0 saturated carbocycles. The fraction of sp³-hybridized carbons (Fsp3) is 0.263. The lowest BCUT2D eigenvalue weighted by Gasteiger charge is -2.34. The monoisotopic (exact) mass is 350 g/mol. The van der Waals surface area contributed by atoms with Crippen LogP contribution in [0.1, 0.15) is 17.3 Å². The fourth-order valence-corrected chi connectivity index (χ4v) is 3.08. The third-order valence-electron chi connectivity index (χ3n) is 4.57. The van der Waals surface area contributed by atoms with E-state index >= 15 is 0 Å². The molecule has 7 heteroatoms. The summed E-state index contributed by atoms with van der Waals surface area (Å²) < 4.78 is 5.82. The minimum Gasteiger partial charge on any atom is -0.436 e. The van der Waals surface area contributed by atoms with Crippen LogP contribution in [0, 0.1) is 0 Å². The highest BCUT2D eigenvalue weighted by Gasteiger charge is 2.23. The van der Waals surface area contributed by atoms with E-state index in [1.54, 1.807) is 47.3 Å². The minimum absolute atomic E-state index is 0.0452. The molecule has 3 heterocycles. The summed E-state index contributed by atoms with van der Waals surface area (Å²) in [7, 11) is 0. The van der Waals surface area contributed by atoms with Crippen molar-refractivity contribution < 1.29 is 14.0 Å². The summed E-state index contributed by atoms with van der Waals surface area (Å²) in [6, 6.07) is 8.94. The van der Waals surface area contributed by atoms with Crippen LogP contribution in [-0.2, 0) is 4.79 Å². The van der Waals surface area contributed by atoms with E-state index in [2.05, 4.69) is 9.97 Å². The number of benzene rings is 1. The van der Waals surface area contributed by atoms with Crippen LogP contribution in [0.15, 0.2) is 47.1 Å². The number of pyridine rings is 1. The van der Waals surface area contributed by atoms with Gasteiger partial charge in [-0.1, -0.05) is 0 Å². The lowest BCUT2D eigenvalue weighted by atomic mass is 10.1. The zero-order valence-electron chi connectivity index (χ0n) is 14.4. The number of aromatic nitrogens is 2. The Kier molecular flexibility index (Phi) is 4.12. The Morgan fingerprint density at radius 2 is 1.69 bits per heavy atom. The van der Waals surface area contributed by atoms with Gasteiger partial charge in [-0.25, -0.2) is 4.98 Å². The summed E-state index contributed by atoms with van der Waals surface area (Å²) >= 11 is 0.